The van der Waals surface area contributed by atoms with Crippen LogP contribution in [0, 0.1) is 0 Å². The second-order valence-electron chi connectivity index (χ2n) is 10.2. The van der Waals surface area contributed by atoms with Gasteiger partial charge in [0.05, 0.1) is 13.2 Å². The first-order chi connectivity index (χ1) is 18.0. The van der Waals surface area contributed by atoms with Gasteiger partial charge in [0.25, 0.3) is 0 Å². The lowest BCUT2D eigenvalue weighted by Crippen LogP contribution is -2.50. The van der Waals surface area contributed by atoms with Crippen molar-refractivity contribution in [2.45, 2.75) is 119 Å². The molecule has 0 rings (SSSR count). The SMILES string of the molecule is C=C(C)C(=O)OCCC[Si](C)(OCC)OCC.C=C(C)C(=O)OCCC[Si](OC(C)C)(OC(C)C)OC(C)C. The van der Waals surface area contributed by atoms with Crippen molar-refractivity contribution in [2.24, 2.45) is 0 Å². The molecule has 9 nitrogen and oxygen atoms in total. The molecule has 0 amide bonds. The van der Waals surface area contributed by atoms with Crippen molar-refractivity contribution in [3.8, 4) is 0 Å². The predicted octanol–water partition coefficient (Wildman–Crippen LogP) is 6.35. The molecule has 0 aromatic carbocycles. The Morgan fingerprint density at radius 3 is 1.28 bits per heavy atom. The van der Waals surface area contributed by atoms with E-state index in [0.717, 1.165) is 12.5 Å². The minimum Gasteiger partial charge on any atom is -0.462 e. The molecule has 0 aliphatic rings. The zero-order chi connectivity index (χ0) is 30.6. The molecule has 0 fully saturated rings. The highest BCUT2D eigenvalue weighted by atomic mass is 28.4. The van der Waals surface area contributed by atoms with Gasteiger partial charge >= 0.3 is 29.3 Å². The molecule has 230 valence electrons. The zero-order valence-electron chi connectivity index (χ0n) is 26.5. The Morgan fingerprint density at radius 1 is 0.667 bits per heavy atom. The van der Waals surface area contributed by atoms with Crippen LogP contribution in [0.1, 0.15) is 82.1 Å². The number of ether oxygens (including phenoxy) is 2. The number of hydrogen-bond acceptors (Lipinski definition) is 9. The molecule has 0 saturated carbocycles. The van der Waals surface area contributed by atoms with E-state index >= 15 is 0 Å². The summed E-state index contributed by atoms with van der Waals surface area (Å²) < 4.78 is 39.7. The molecule has 0 atom stereocenters. The van der Waals surface area contributed by atoms with Crippen molar-refractivity contribution in [3.63, 3.8) is 0 Å². The fourth-order valence-electron chi connectivity index (χ4n) is 3.39. The van der Waals surface area contributed by atoms with Crippen LogP contribution >= 0.6 is 0 Å². The molecule has 0 spiro atoms. The predicted molar refractivity (Wildman–Crippen MR) is 160 cm³/mol. The molecule has 0 unspecified atom stereocenters. The standard InChI is InChI=1S/C16H32O5Si.C12H24O4Si/c1-12(2)16(17)18-10-9-11-22(19-13(3)4,20-14(5)6)21-15(7)8;1-6-15-17(5,16-7-2)10-8-9-14-12(13)11(3)4/h13-15H,1,9-11H2,2-8H3;3,6-10H2,1-2,4-5H3. The molecule has 11 heteroatoms. The molecule has 0 bridgehead atoms. The van der Waals surface area contributed by atoms with Crippen LogP contribution in [-0.4, -0.2) is 74.0 Å². The summed E-state index contributed by atoms with van der Waals surface area (Å²) in [5.74, 6) is -0.701. The van der Waals surface area contributed by atoms with E-state index in [0.29, 0.717) is 50.0 Å². The second-order valence-corrected chi connectivity index (χ2v) is 16.1. The van der Waals surface area contributed by atoms with Crippen LogP contribution in [0.4, 0.5) is 0 Å². The van der Waals surface area contributed by atoms with E-state index in [1.807, 2.05) is 61.9 Å². The van der Waals surface area contributed by atoms with Crippen molar-refractivity contribution in [1.29, 1.82) is 0 Å². The first-order valence-electron chi connectivity index (χ1n) is 14.0. The van der Waals surface area contributed by atoms with Crippen LogP contribution in [-0.2, 0) is 41.2 Å². The molecule has 0 aliphatic heterocycles. The van der Waals surface area contributed by atoms with E-state index in [1.165, 1.54) is 0 Å². The Kier molecular flexibility index (Phi) is 21.8. The van der Waals surface area contributed by atoms with Crippen LogP contribution in [0.3, 0.4) is 0 Å². The molecule has 0 saturated heterocycles. The van der Waals surface area contributed by atoms with E-state index in [9.17, 15) is 9.59 Å². The van der Waals surface area contributed by atoms with E-state index in [1.54, 1.807) is 13.8 Å². The molecule has 0 heterocycles. The summed E-state index contributed by atoms with van der Waals surface area (Å²) in [5, 5.41) is 0. The number of esters is 2. The number of carbonyl (C=O) groups excluding carboxylic acids is 2. The first-order valence-corrected chi connectivity index (χ1v) is 18.4. The van der Waals surface area contributed by atoms with Gasteiger partial charge < -0.3 is 31.6 Å². The Hall–Kier alpha value is -1.35. The van der Waals surface area contributed by atoms with Crippen LogP contribution < -0.4 is 0 Å². The van der Waals surface area contributed by atoms with Crippen molar-refractivity contribution in [2.75, 3.05) is 26.4 Å². The topological polar surface area (TPSA) is 98.8 Å². The van der Waals surface area contributed by atoms with Gasteiger partial charge in [0, 0.05) is 48.7 Å². The van der Waals surface area contributed by atoms with Crippen molar-refractivity contribution >= 4 is 29.3 Å². The van der Waals surface area contributed by atoms with Gasteiger partial charge in [-0.25, -0.2) is 9.59 Å². The molecule has 0 aromatic heterocycles. The highest BCUT2D eigenvalue weighted by Crippen LogP contribution is 2.24. The Morgan fingerprint density at radius 2 is 1.00 bits per heavy atom. The summed E-state index contributed by atoms with van der Waals surface area (Å²) in [5.41, 5.74) is 0.832. The zero-order valence-corrected chi connectivity index (χ0v) is 28.5. The van der Waals surface area contributed by atoms with Gasteiger partial charge in [0.2, 0.25) is 0 Å². The number of carbonyl (C=O) groups is 2. The summed E-state index contributed by atoms with van der Waals surface area (Å²) in [6, 6.07) is 1.45. The lowest BCUT2D eigenvalue weighted by Gasteiger charge is -2.34. The monoisotopic (exact) mass is 592 g/mol. The van der Waals surface area contributed by atoms with E-state index < -0.39 is 17.4 Å². The molecular weight excluding hydrogens is 536 g/mol. The van der Waals surface area contributed by atoms with Gasteiger partial charge in [-0.1, -0.05) is 13.2 Å². The average molecular weight is 593 g/mol. The maximum Gasteiger partial charge on any atom is 0.501 e. The normalized spacial score (nSPS) is 11.8. The fraction of sp³-hybridized carbons (Fsp3) is 0.786. The second kappa shape index (κ2) is 21.4. The summed E-state index contributed by atoms with van der Waals surface area (Å²) in [7, 11) is -4.86. The van der Waals surface area contributed by atoms with Gasteiger partial charge in [-0.3, -0.25) is 0 Å². The van der Waals surface area contributed by atoms with E-state index in [4.69, 9.17) is 31.6 Å². The van der Waals surface area contributed by atoms with Crippen molar-refractivity contribution in [3.05, 3.63) is 24.3 Å². The molecule has 0 N–H and O–H groups in total. The molecular formula is C28H56O9Si2. The van der Waals surface area contributed by atoms with E-state index in [-0.39, 0.29) is 30.3 Å². The molecule has 0 aliphatic carbocycles. The quantitative estimate of drug-likeness (QED) is 0.0693. The average Bonchev–Trinajstić information content (AvgIpc) is 2.78. The summed E-state index contributed by atoms with van der Waals surface area (Å²) in [6.45, 7) is 30.2. The number of hydrogen-bond donors (Lipinski definition) is 0. The third-order valence-corrected chi connectivity index (χ3v) is 11.2. The first kappa shape index (κ1) is 39.8. The minimum absolute atomic E-state index is 0.0159. The smallest absolute Gasteiger partial charge is 0.462 e. The maximum absolute atomic E-state index is 11.4. The Bertz CT molecular complexity index is 691. The van der Waals surface area contributed by atoms with Crippen LogP contribution in [0.2, 0.25) is 18.6 Å². The summed E-state index contributed by atoms with van der Waals surface area (Å²) in [6.07, 6.45) is 1.45. The van der Waals surface area contributed by atoms with Crippen LogP contribution in [0.15, 0.2) is 24.3 Å². The van der Waals surface area contributed by atoms with Crippen LogP contribution in [0.5, 0.6) is 0 Å². The minimum atomic E-state index is -2.80. The van der Waals surface area contributed by atoms with Gasteiger partial charge in [-0.05, 0) is 94.7 Å². The lowest BCUT2D eigenvalue weighted by molar-refractivity contribution is -0.139. The van der Waals surface area contributed by atoms with Crippen molar-refractivity contribution in [1.82, 2.24) is 0 Å². The Balaban J connectivity index is 0. The summed E-state index contributed by atoms with van der Waals surface area (Å²) >= 11 is 0. The molecule has 0 aromatic rings. The summed E-state index contributed by atoms with van der Waals surface area (Å²) in [4.78, 5) is 22.5. The fourth-order valence-corrected chi connectivity index (χ4v) is 9.02. The highest BCUT2D eigenvalue weighted by Gasteiger charge is 2.43. The van der Waals surface area contributed by atoms with Gasteiger partial charge in [-0.15, -0.1) is 0 Å². The Labute approximate surface area is 240 Å². The third-order valence-electron chi connectivity index (χ3n) is 4.71. The largest absolute Gasteiger partial charge is 0.501 e. The number of rotatable bonds is 20. The highest BCUT2D eigenvalue weighted by molar-refractivity contribution is 6.66. The molecule has 0 radical (unpaired) electrons. The van der Waals surface area contributed by atoms with Crippen molar-refractivity contribution < 1.29 is 41.2 Å². The van der Waals surface area contributed by atoms with E-state index in [2.05, 4.69) is 13.2 Å². The van der Waals surface area contributed by atoms with Gasteiger partial charge in [-0.2, -0.15) is 0 Å². The van der Waals surface area contributed by atoms with Gasteiger partial charge in [0.15, 0.2) is 0 Å². The van der Waals surface area contributed by atoms with Gasteiger partial charge in [0.1, 0.15) is 0 Å². The van der Waals surface area contributed by atoms with Crippen LogP contribution in [0.25, 0.3) is 0 Å². The maximum atomic E-state index is 11.4. The molecule has 39 heavy (non-hydrogen) atoms. The lowest BCUT2D eigenvalue weighted by atomic mass is 10.4. The third kappa shape index (κ3) is 21.1.